The molecule has 5 heteroatoms. The van der Waals surface area contributed by atoms with Crippen LogP contribution in [0.25, 0.3) is 22.6 Å². The molecular weight excluding hydrogens is 348 g/mol. The molecule has 3 nitrogen and oxygen atoms in total. The minimum absolute atomic E-state index is 0.165. The van der Waals surface area contributed by atoms with Crippen LogP contribution in [-0.2, 0) is 0 Å². The molecule has 0 bridgehead atoms. The van der Waals surface area contributed by atoms with Gasteiger partial charge in [-0.25, -0.2) is 4.98 Å². The number of aryl methyl sites for hydroxylation is 2. The van der Waals surface area contributed by atoms with Crippen LogP contribution in [0.3, 0.4) is 0 Å². The van der Waals surface area contributed by atoms with E-state index in [1.807, 2.05) is 37.3 Å². The van der Waals surface area contributed by atoms with Crippen molar-refractivity contribution in [2.45, 2.75) is 13.8 Å². The van der Waals surface area contributed by atoms with Gasteiger partial charge in [0, 0.05) is 20.9 Å². The molecule has 0 radical (unpaired) electrons. The first-order valence-corrected chi connectivity index (χ1v) is 8.10. The number of nitrogens with zero attached hydrogens (tertiary/aromatic N) is 1. The van der Waals surface area contributed by atoms with Gasteiger partial charge in [-0.3, -0.25) is 4.79 Å². The third-order valence-electron chi connectivity index (χ3n) is 3.21. The zero-order valence-corrected chi connectivity index (χ0v) is 14.0. The number of hydrogen-bond donors (Lipinski definition) is 1. The number of thiophene rings is 1. The van der Waals surface area contributed by atoms with Crippen molar-refractivity contribution in [2.24, 2.45) is 0 Å². The van der Waals surface area contributed by atoms with Gasteiger partial charge in [-0.2, -0.15) is 0 Å². The van der Waals surface area contributed by atoms with Crippen molar-refractivity contribution in [1.29, 1.82) is 0 Å². The van der Waals surface area contributed by atoms with Crippen LogP contribution in [0.15, 0.2) is 45.7 Å². The number of nitrogens with one attached hydrogen (secondary N) is 1. The fourth-order valence-electron chi connectivity index (χ4n) is 2.24. The van der Waals surface area contributed by atoms with Crippen molar-refractivity contribution in [1.82, 2.24) is 9.97 Å². The first-order valence-electron chi connectivity index (χ1n) is 6.49. The Labute approximate surface area is 134 Å². The minimum atomic E-state index is -0.165. The Hall–Kier alpha value is -1.72. The van der Waals surface area contributed by atoms with Crippen molar-refractivity contribution in [3.63, 3.8) is 0 Å². The quantitative estimate of drug-likeness (QED) is 0.728. The van der Waals surface area contributed by atoms with Gasteiger partial charge in [0.15, 0.2) is 0 Å². The number of rotatable bonds is 2. The second-order valence-corrected chi connectivity index (χ2v) is 7.02. The molecule has 3 aromatic rings. The third-order valence-corrected chi connectivity index (χ3v) is 4.91. The Bertz CT molecular complexity index is 852. The fraction of sp³-hybridized carbons (Fsp3) is 0.125. The Morgan fingerprint density at radius 3 is 2.52 bits per heavy atom. The first kappa shape index (κ1) is 14.2. The summed E-state index contributed by atoms with van der Waals surface area (Å²) in [5.41, 5.74) is 2.40. The van der Waals surface area contributed by atoms with Gasteiger partial charge in [-0.05, 0) is 35.8 Å². The third kappa shape index (κ3) is 2.71. The predicted octanol–water partition coefficient (Wildman–Crippen LogP) is 4.54. The molecule has 0 saturated carbocycles. The van der Waals surface area contributed by atoms with Gasteiger partial charge in [0.2, 0.25) is 0 Å². The zero-order valence-electron chi connectivity index (χ0n) is 11.6. The molecule has 0 aliphatic rings. The van der Waals surface area contributed by atoms with Gasteiger partial charge in [0.05, 0.1) is 5.69 Å². The summed E-state index contributed by atoms with van der Waals surface area (Å²) >= 11 is 5.05. The summed E-state index contributed by atoms with van der Waals surface area (Å²) in [5, 5.41) is 0. The van der Waals surface area contributed by atoms with Gasteiger partial charge in [0.25, 0.3) is 5.56 Å². The number of aromatic amines is 1. The van der Waals surface area contributed by atoms with Crippen molar-refractivity contribution < 1.29 is 0 Å². The van der Waals surface area contributed by atoms with Crippen LogP contribution in [-0.4, -0.2) is 9.97 Å². The van der Waals surface area contributed by atoms with E-state index < -0.39 is 0 Å². The molecule has 0 saturated heterocycles. The fourth-order valence-corrected chi connectivity index (χ4v) is 3.58. The average molecular weight is 361 g/mol. The van der Waals surface area contributed by atoms with E-state index in [-0.39, 0.29) is 5.56 Å². The van der Waals surface area contributed by atoms with E-state index in [0.717, 1.165) is 16.0 Å². The van der Waals surface area contributed by atoms with E-state index >= 15 is 0 Å². The monoisotopic (exact) mass is 360 g/mol. The number of H-pyrrole nitrogens is 1. The predicted molar refractivity (Wildman–Crippen MR) is 90.8 cm³/mol. The minimum Gasteiger partial charge on any atom is -0.305 e. The molecule has 1 aromatic carbocycles. The maximum Gasteiger partial charge on any atom is 0.266 e. The summed E-state index contributed by atoms with van der Waals surface area (Å²) in [7, 11) is 0. The molecule has 2 heterocycles. The molecule has 3 rings (SSSR count). The Balaban J connectivity index is 2.24. The number of halogens is 1. The van der Waals surface area contributed by atoms with Crippen molar-refractivity contribution in [2.75, 3.05) is 0 Å². The average Bonchev–Trinajstić information content (AvgIpc) is 2.81. The molecule has 0 fully saturated rings. The molecule has 0 spiro atoms. The van der Waals surface area contributed by atoms with E-state index in [2.05, 4.69) is 38.9 Å². The highest BCUT2D eigenvalue weighted by atomic mass is 79.9. The van der Waals surface area contributed by atoms with Crippen LogP contribution in [0.4, 0.5) is 0 Å². The summed E-state index contributed by atoms with van der Waals surface area (Å²) < 4.78 is 0.460. The van der Waals surface area contributed by atoms with Crippen LogP contribution in [0.2, 0.25) is 0 Å². The molecule has 0 aliphatic heterocycles. The molecule has 2 aromatic heterocycles. The van der Waals surface area contributed by atoms with Crippen molar-refractivity contribution >= 4 is 27.3 Å². The Morgan fingerprint density at radius 2 is 1.90 bits per heavy atom. The van der Waals surface area contributed by atoms with Crippen molar-refractivity contribution in [3.8, 4) is 22.6 Å². The summed E-state index contributed by atoms with van der Waals surface area (Å²) in [5.74, 6) is 0.615. The van der Waals surface area contributed by atoms with Gasteiger partial charge in [-0.15, -0.1) is 11.3 Å². The van der Waals surface area contributed by atoms with Crippen LogP contribution in [0.1, 0.15) is 9.75 Å². The van der Waals surface area contributed by atoms with E-state index in [4.69, 9.17) is 0 Å². The van der Waals surface area contributed by atoms with Crippen LogP contribution in [0.5, 0.6) is 0 Å². The summed E-state index contributed by atoms with van der Waals surface area (Å²) in [6, 6.07) is 11.8. The lowest BCUT2D eigenvalue weighted by atomic mass is 10.1. The molecule has 106 valence electrons. The SMILES string of the molecule is Cc1cc(-c2nc(-c3ccccc3)c(Br)c(=O)[nH]2)c(C)s1. The van der Waals surface area contributed by atoms with E-state index in [1.54, 1.807) is 11.3 Å². The highest BCUT2D eigenvalue weighted by Crippen LogP contribution is 2.30. The lowest BCUT2D eigenvalue weighted by Crippen LogP contribution is -2.11. The largest absolute Gasteiger partial charge is 0.305 e. The van der Waals surface area contributed by atoms with Gasteiger partial charge in [0.1, 0.15) is 10.3 Å². The number of hydrogen-bond acceptors (Lipinski definition) is 3. The maximum absolute atomic E-state index is 12.2. The molecule has 1 N–H and O–H groups in total. The smallest absolute Gasteiger partial charge is 0.266 e. The molecule has 0 aliphatic carbocycles. The highest BCUT2D eigenvalue weighted by Gasteiger charge is 2.14. The lowest BCUT2D eigenvalue weighted by molar-refractivity contribution is 1.11. The normalized spacial score (nSPS) is 10.8. The van der Waals surface area contributed by atoms with Crippen LogP contribution >= 0.6 is 27.3 Å². The van der Waals surface area contributed by atoms with Crippen molar-refractivity contribution in [3.05, 3.63) is 61.0 Å². The zero-order chi connectivity index (χ0) is 15.0. The summed E-state index contributed by atoms with van der Waals surface area (Å²) in [4.78, 5) is 22.0. The summed E-state index contributed by atoms with van der Waals surface area (Å²) in [6.07, 6.45) is 0. The van der Waals surface area contributed by atoms with E-state index in [9.17, 15) is 4.79 Å². The molecule has 0 atom stereocenters. The Morgan fingerprint density at radius 1 is 1.19 bits per heavy atom. The lowest BCUT2D eigenvalue weighted by Gasteiger charge is -2.06. The first-order chi connectivity index (χ1) is 10.1. The molecule has 0 unspecified atom stereocenters. The molecular formula is C16H13BrN2OS. The Kier molecular flexibility index (Phi) is 3.78. The van der Waals surface area contributed by atoms with Gasteiger partial charge < -0.3 is 4.98 Å². The summed E-state index contributed by atoms with van der Waals surface area (Å²) in [6.45, 7) is 4.09. The topological polar surface area (TPSA) is 45.8 Å². The van der Waals surface area contributed by atoms with Gasteiger partial charge in [-0.1, -0.05) is 30.3 Å². The van der Waals surface area contributed by atoms with Crippen LogP contribution < -0.4 is 5.56 Å². The number of aromatic nitrogens is 2. The maximum atomic E-state index is 12.2. The standard InChI is InChI=1S/C16H13BrN2OS/c1-9-8-12(10(2)21-9)15-18-14(13(17)16(20)19-15)11-6-4-3-5-7-11/h3-8H,1-2H3,(H,18,19,20). The second kappa shape index (κ2) is 5.58. The van der Waals surface area contributed by atoms with Crippen LogP contribution in [0, 0.1) is 13.8 Å². The highest BCUT2D eigenvalue weighted by molar-refractivity contribution is 9.10. The number of benzene rings is 1. The second-order valence-electron chi connectivity index (χ2n) is 4.77. The van der Waals surface area contributed by atoms with E-state index in [1.165, 1.54) is 4.88 Å². The van der Waals surface area contributed by atoms with Gasteiger partial charge >= 0.3 is 0 Å². The molecule has 21 heavy (non-hydrogen) atoms. The molecule has 0 amide bonds. The van der Waals surface area contributed by atoms with E-state index in [0.29, 0.717) is 16.0 Å².